The number of rotatable bonds is 10. The van der Waals surface area contributed by atoms with Crippen molar-refractivity contribution >= 4 is 159 Å². The van der Waals surface area contributed by atoms with Gasteiger partial charge >= 0.3 is 35.6 Å². The topological polar surface area (TPSA) is 441 Å². The number of nitrogens with one attached hydrogen (secondary N) is 4. The molecule has 1 fully saturated rings. The lowest BCUT2D eigenvalue weighted by Crippen LogP contribution is -2.29. The van der Waals surface area contributed by atoms with Gasteiger partial charge in [-0.2, -0.15) is 4.98 Å². The molecule has 1 aliphatic rings. The van der Waals surface area contributed by atoms with Gasteiger partial charge in [-0.25, -0.2) is 0 Å². The summed E-state index contributed by atoms with van der Waals surface area (Å²) in [5, 5.41) is 119. The summed E-state index contributed by atoms with van der Waals surface area (Å²) in [4.78, 5) is 25.6. The molecule has 2 amide bonds. The number of carbonyl (C=O) groups is 2. The molecule has 5 aromatic carbocycles. The zero-order chi connectivity index (χ0) is 54.1. The van der Waals surface area contributed by atoms with Crippen molar-refractivity contribution in [3.8, 4) is 0 Å². The number of nitrogens with zero attached hydrogens (tertiary/aromatic N) is 5. The summed E-state index contributed by atoms with van der Waals surface area (Å²) in [6.07, 6.45) is 2.30. The predicted octanol–water partition coefficient (Wildman–Crippen LogP) is -2.35. The number of nitrogens with two attached hydrogens (primary N) is 1. The van der Waals surface area contributed by atoms with Crippen molar-refractivity contribution < 1.29 is 82.3 Å². The fraction of sp³-hybridized carbons (Fsp3) is 0.140. The maximum atomic E-state index is 10.9. The van der Waals surface area contributed by atoms with Crippen molar-refractivity contribution in [3.05, 3.63) is 91.0 Å². The summed E-state index contributed by atoms with van der Waals surface area (Å²) in [6.45, 7) is 2.72. The van der Waals surface area contributed by atoms with E-state index < -0.39 is 35.6 Å². The molecule has 16 N–H and O–H groups in total. The van der Waals surface area contributed by atoms with Crippen LogP contribution in [-0.4, -0.2) is 136 Å². The molecule has 11 rings (SSSR count). The molecule has 0 atom stereocenters. The first-order valence-electron chi connectivity index (χ1n) is 22.3. The first-order valence-corrected chi connectivity index (χ1v) is 22.3. The standard InChI is InChI=1S/C10H11BN2O3.2C9H9BN2O4.C8H9BN2O3.C7H7BN2O3/c14-11(15)6-1-4-9-8(5-6)10(13-16-9)12-7-2-3-7;1-5(13)11-9-7-4-6(10(14)15)2-3-8(7)16-12-9;1-5(13)11-9-7-3-2-6(10(14)15)4-8(7)16-12-9;1-10-8-6-4-5(9(12)13)2-3-7(6)14-11-8;9-7-10-5-3-4(8(11)12)1-2-6(5)13-7/h1,4-5,7,14-15H,2-3H2,(H,12,13);2*2-4,14-15H,1H3,(H,11,12,13);2-4,12-13H,1H3,(H,10,11);1-3,11-12H,(H2,9,10). The van der Waals surface area contributed by atoms with Gasteiger partial charge in [-0.3, -0.25) is 9.59 Å². The molecule has 27 nitrogen and oxygen atoms in total. The maximum absolute atomic E-state index is 10.9. The van der Waals surface area contributed by atoms with E-state index in [9.17, 15) is 9.59 Å². The van der Waals surface area contributed by atoms with Crippen molar-refractivity contribution in [2.24, 2.45) is 0 Å². The molecule has 1 saturated carbocycles. The summed E-state index contributed by atoms with van der Waals surface area (Å²) >= 11 is 0. The van der Waals surface area contributed by atoms with Crippen LogP contribution in [0, 0.1) is 0 Å². The summed E-state index contributed by atoms with van der Waals surface area (Å²) in [7, 11) is -5.84. The Hall–Kier alpha value is -8.29. The van der Waals surface area contributed by atoms with E-state index in [1.807, 2.05) is 0 Å². The summed E-state index contributed by atoms with van der Waals surface area (Å²) in [6, 6.07) is 24.2. The van der Waals surface area contributed by atoms with Gasteiger partial charge in [-0.05, 0) is 101 Å². The number of amides is 2. The second-order valence-corrected chi connectivity index (χ2v) is 16.3. The van der Waals surface area contributed by atoms with Gasteiger partial charge in [0.05, 0.1) is 21.5 Å². The van der Waals surface area contributed by atoms with Gasteiger partial charge in [0.15, 0.2) is 51.2 Å². The Kier molecular flexibility index (Phi) is 17.6. The number of nitrogen functional groups attached to an aromatic ring is 1. The number of benzene rings is 5. The Morgan fingerprint density at radius 1 is 0.493 bits per heavy atom. The van der Waals surface area contributed by atoms with Gasteiger partial charge in [-0.15, -0.1) is 0 Å². The van der Waals surface area contributed by atoms with Crippen molar-refractivity contribution in [1.29, 1.82) is 0 Å². The number of carbonyl (C=O) groups excluding carboxylic acids is 2. The Balaban J connectivity index is 0.000000137. The highest BCUT2D eigenvalue weighted by molar-refractivity contribution is 6.60. The highest BCUT2D eigenvalue weighted by Crippen LogP contribution is 2.29. The minimum atomic E-state index is -1.57. The van der Waals surface area contributed by atoms with Gasteiger partial charge in [0.1, 0.15) is 5.52 Å². The molecule has 75 heavy (non-hydrogen) atoms. The third kappa shape index (κ3) is 14.1. The van der Waals surface area contributed by atoms with Crippen molar-refractivity contribution in [1.82, 2.24) is 25.6 Å². The Bertz CT molecular complexity index is 3560. The summed E-state index contributed by atoms with van der Waals surface area (Å²) < 4.78 is 25.1. The van der Waals surface area contributed by atoms with E-state index in [4.69, 9.17) is 78.5 Å². The lowest BCUT2D eigenvalue weighted by Gasteiger charge is -2.00. The van der Waals surface area contributed by atoms with Crippen LogP contribution in [0.15, 0.2) is 114 Å². The zero-order valence-electron chi connectivity index (χ0n) is 39.7. The van der Waals surface area contributed by atoms with Crippen LogP contribution in [0.5, 0.6) is 0 Å². The van der Waals surface area contributed by atoms with Crippen molar-refractivity contribution in [3.63, 3.8) is 0 Å². The van der Waals surface area contributed by atoms with E-state index in [1.165, 1.54) is 50.2 Å². The summed E-state index contributed by atoms with van der Waals surface area (Å²) in [5.74, 6) is 1.33. The number of fused-ring (bicyclic) bond motifs is 5. The minimum absolute atomic E-state index is 0.0691. The lowest BCUT2D eigenvalue weighted by molar-refractivity contribution is -0.115. The zero-order valence-corrected chi connectivity index (χ0v) is 39.7. The van der Waals surface area contributed by atoms with E-state index in [0.29, 0.717) is 95.0 Å². The monoisotopic (exact) mass is 1030 g/mol. The van der Waals surface area contributed by atoms with Crippen LogP contribution in [0.1, 0.15) is 26.7 Å². The largest absolute Gasteiger partial charge is 0.488 e. The molecule has 0 bridgehead atoms. The number of anilines is 5. The smallest absolute Gasteiger partial charge is 0.424 e. The highest BCUT2D eigenvalue weighted by Gasteiger charge is 2.24. The molecule has 0 aliphatic heterocycles. The Morgan fingerprint density at radius 2 is 0.867 bits per heavy atom. The molecule has 5 heterocycles. The first-order chi connectivity index (χ1) is 35.8. The second kappa shape index (κ2) is 24.2. The van der Waals surface area contributed by atoms with Crippen LogP contribution >= 0.6 is 0 Å². The Labute approximate surface area is 423 Å². The van der Waals surface area contributed by atoms with Gasteiger partial charge in [0.25, 0.3) is 6.01 Å². The molecule has 5 aromatic heterocycles. The molecule has 32 heteroatoms. The molecular weight excluding hydrogens is 983 g/mol. The molecular formula is C43H45B5N10O17. The molecule has 0 radical (unpaired) electrons. The van der Waals surface area contributed by atoms with E-state index >= 15 is 0 Å². The minimum Gasteiger partial charge on any atom is -0.424 e. The van der Waals surface area contributed by atoms with Crippen LogP contribution in [0.3, 0.4) is 0 Å². The van der Waals surface area contributed by atoms with Crippen LogP contribution in [0.25, 0.3) is 55.0 Å². The predicted molar refractivity (Wildman–Crippen MR) is 278 cm³/mol. The third-order valence-electron chi connectivity index (χ3n) is 10.6. The van der Waals surface area contributed by atoms with Crippen LogP contribution in [0.2, 0.25) is 0 Å². The highest BCUT2D eigenvalue weighted by atomic mass is 16.5. The average Bonchev–Trinajstić information content (AvgIpc) is 3.76. The molecule has 10 aromatic rings. The van der Waals surface area contributed by atoms with Gasteiger partial charge < -0.3 is 99.8 Å². The molecule has 1 aliphatic carbocycles. The van der Waals surface area contributed by atoms with Crippen molar-refractivity contribution in [2.75, 3.05) is 34.0 Å². The fourth-order valence-electron chi connectivity index (χ4n) is 6.81. The van der Waals surface area contributed by atoms with E-state index in [1.54, 1.807) is 61.6 Å². The SMILES string of the molecule is CC(=O)Nc1noc2cc(B(O)O)ccc12.CC(=O)Nc1noc2ccc(B(O)O)cc12.CNc1noc2ccc(B(O)O)cc12.Nc1nc2cc(B(O)O)ccc2o1.OB(O)c1ccc2onc(NC3CC3)c2c1. The van der Waals surface area contributed by atoms with Crippen molar-refractivity contribution in [2.45, 2.75) is 32.7 Å². The van der Waals surface area contributed by atoms with Gasteiger partial charge in [-0.1, -0.05) is 51.0 Å². The average molecular weight is 1030 g/mol. The number of oxazole rings is 1. The van der Waals surface area contributed by atoms with Gasteiger partial charge in [0, 0.05) is 26.9 Å². The lowest BCUT2D eigenvalue weighted by atomic mass is 9.80. The summed E-state index contributed by atoms with van der Waals surface area (Å²) in [5.41, 5.74) is 10.3. The first kappa shape index (κ1) is 54.5. The fourth-order valence-corrected chi connectivity index (χ4v) is 6.81. The molecule has 0 saturated heterocycles. The van der Waals surface area contributed by atoms with E-state index in [0.717, 1.165) is 23.6 Å². The number of aromatic nitrogens is 5. The van der Waals surface area contributed by atoms with Gasteiger partial charge in [0.2, 0.25) is 11.8 Å². The number of hydrogen-bond donors (Lipinski definition) is 15. The van der Waals surface area contributed by atoms with Crippen LogP contribution in [0.4, 0.5) is 29.3 Å². The van der Waals surface area contributed by atoms with E-state index in [2.05, 4.69) is 46.9 Å². The second-order valence-electron chi connectivity index (χ2n) is 16.3. The normalized spacial score (nSPS) is 11.5. The van der Waals surface area contributed by atoms with E-state index in [-0.39, 0.29) is 23.6 Å². The quantitative estimate of drug-likeness (QED) is 0.0638. The molecule has 0 spiro atoms. The van der Waals surface area contributed by atoms with Crippen LogP contribution in [-0.2, 0) is 9.59 Å². The molecule has 0 unspecified atom stereocenters. The number of hydrogen-bond acceptors (Lipinski definition) is 25. The maximum Gasteiger partial charge on any atom is 0.488 e. The van der Waals surface area contributed by atoms with Crippen LogP contribution < -0.4 is 54.3 Å². The Morgan fingerprint density at radius 3 is 1.32 bits per heavy atom. The third-order valence-corrected chi connectivity index (χ3v) is 10.6. The molecule has 384 valence electrons.